The van der Waals surface area contributed by atoms with Crippen molar-refractivity contribution in [1.29, 1.82) is 0 Å². The second-order valence-corrected chi connectivity index (χ2v) is 7.88. The molecule has 1 heterocycles. The molecule has 0 amide bonds. The van der Waals surface area contributed by atoms with E-state index in [1.54, 1.807) is 6.92 Å². The lowest BCUT2D eigenvalue weighted by Gasteiger charge is -2.28. The van der Waals surface area contributed by atoms with Crippen LogP contribution >= 0.6 is 0 Å². The summed E-state index contributed by atoms with van der Waals surface area (Å²) >= 11 is 0. The van der Waals surface area contributed by atoms with E-state index in [0.29, 0.717) is 12.5 Å². The maximum atomic E-state index is 11.9. The molecule has 1 aromatic heterocycles. The van der Waals surface area contributed by atoms with Crippen molar-refractivity contribution < 1.29 is 19.0 Å². The Bertz CT molecular complexity index is 783. The number of aromatic amines is 1. The molecular formula is C22H32N4O4. The average Bonchev–Trinajstić information content (AvgIpc) is 3.21. The molecule has 1 N–H and O–H groups in total. The quantitative estimate of drug-likeness (QED) is 0.469. The van der Waals surface area contributed by atoms with E-state index in [9.17, 15) is 4.79 Å². The topological polar surface area (TPSA) is 89.6 Å². The van der Waals surface area contributed by atoms with Crippen LogP contribution in [-0.2, 0) is 4.74 Å². The Morgan fingerprint density at radius 3 is 2.57 bits per heavy atom. The fourth-order valence-corrected chi connectivity index (χ4v) is 3.72. The summed E-state index contributed by atoms with van der Waals surface area (Å²) in [6.45, 7) is 3.81. The molecule has 1 fully saturated rings. The molecule has 0 radical (unpaired) electrons. The van der Waals surface area contributed by atoms with Gasteiger partial charge in [-0.1, -0.05) is 22.4 Å². The monoisotopic (exact) mass is 416 g/mol. The number of nitrogens with one attached hydrogen (secondary N) is 1. The summed E-state index contributed by atoms with van der Waals surface area (Å²) in [7, 11) is 4.14. The number of esters is 1. The first kappa shape index (κ1) is 22.1. The minimum atomic E-state index is -0.491. The summed E-state index contributed by atoms with van der Waals surface area (Å²) in [5, 5.41) is 10.1. The Kier molecular flexibility index (Phi) is 8.07. The second-order valence-electron chi connectivity index (χ2n) is 7.88. The van der Waals surface area contributed by atoms with Gasteiger partial charge >= 0.3 is 5.97 Å². The molecule has 0 bridgehead atoms. The number of aromatic nitrogens is 3. The molecule has 0 spiro atoms. The minimum absolute atomic E-state index is 0.0267. The van der Waals surface area contributed by atoms with Crippen molar-refractivity contribution in [2.45, 2.75) is 51.0 Å². The van der Waals surface area contributed by atoms with Crippen molar-refractivity contribution in [3.8, 4) is 11.6 Å². The Labute approximate surface area is 177 Å². The van der Waals surface area contributed by atoms with Crippen molar-refractivity contribution in [2.75, 3.05) is 33.9 Å². The van der Waals surface area contributed by atoms with Gasteiger partial charge in [0.15, 0.2) is 0 Å². The SMILES string of the molecule is CCOC(=O)c1[nH]nnc1O[C@H]1CC[C@H](c2ccc(OCCCN(C)C)cc2)CC1. The molecule has 0 saturated heterocycles. The lowest BCUT2D eigenvalue weighted by Crippen LogP contribution is -2.24. The summed E-state index contributed by atoms with van der Waals surface area (Å²) in [5.74, 6) is 1.17. The number of ether oxygens (including phenoxy) is 3. The standard InChI is InChI=1S/C22H32N4O4/c1-4-28-22(27)20-21(24-25-23-20)30-19-12-8-17(9-13-19)16-6-10-18(11-7-16)29-15-5-14-26(2)3/h6-7,10-11,17,19H,4-5,8-9,12-15H2,1-3H3,(H,23,24,25)/t17-,19-. The Hall–Kier alpha value is -2.61. The summed E-state index contributed by atoms with van der Waals surface area (Å²) < 4.78 is 16.8. The van der Waals surface area contributed by atoms with E-state index in [1.807, 2.05) is 0 Å². The number of hydrogen-bond donors (Lipinski definition) is 1. The highest BCUT2D eigenvalue weighted by molar-refractivity contribution is 5.89. The van der Waals surface area contributed by atoms with Crippen LogP contribution in [0.5, 0.6) is 11.6 Å². The van der Waals surface area contributed by atoms with Gasteiger partial charge in [0.25, 0.3) is 5.88 Å². The molecule has 0 aliphatic heterocycles. The number of nitrogens with zero attached hydrogens (tertiary/aromatic N) is 3. The fourth-order valence-electron chi connectivity index (χ4n) is 3.72. The van der Waals surface area contributed by atoms with E-state index in [0.717, 1.165) is 51.0 Å². The molecule has 1 aromatic carbocycles. The van der Waals surface area contributed by atoms with Crippen LogP contribution in [0.25, 0.3) is 0 Å². The number of H-pyrrole nitrogens is 1. The molecule has 1 aliphatic carbocycles. The van der Waals surface area contributed by atoms with Gasteiger partial charge in [-0.05, 0) is 76.7 Å². The van der Waals surface area contributed by atoms with Crippen LogP contribution in [0.15, 0.2) is 24.3 Å². The molecule has 3 rings (SSSR count). The van der Waals surface area contributed by atoms with E-state index in [1.165, 1.54) is 5.56 Å². The highest BCUT2D eigenvalue weighted by atomic mass is 16.5. The highest BCUT2D eigenvalue weighted by Crippen LogP contribution is 2.35. The van der Waals surface area contributed by atoms with Crippen LogP contribution in [0.1, 0.15) is 61.0 Å². The van der Waals surface area contributed by atoms with E-state index in [-0.39, 0.29) is 17.7 Å². The molecule has 8 heteroatoms. The first-order chi connectivity index (χ1) is 14.6. The maximum Gasteiger partial charge on any atom is 0.362 e. The second kappa shape index (κ2) is 11.0. The minimum Gasteiger partial charge on any atom is -0.494 e. The first-order valence-corrected chi connectivity index (χ1v) is 10.7. The van der Waals surface area contributed by atoms with Crippen LogP contribution in [-0.4, -0.2) is 66.2 Å². The van der Waals surface area contributed by atoms with Gasteiger partial charge in [-0.3, -0.25) is 0 Å². The van der Waals surface area contributed by atoms with E-state index >= 15 is 0 Å². The van der Waals surface area contributed by atoms with E-state index in [4.69, 9.17) is 14.2 Å². The lowest BCUT2D eigenvalue weighted by atomic mass is 9.83. The lowest BCUT2D eigenvalue weighted by molar-refractivity contribution is 0.0508. The van der Waals surface area contributed by atoms with Crippen LogP contribution in [0.4, 0.5) is 0 Å². The van der Waals surface area contributed by atoms with Gasteiger partial charge in [-0.15, -0.1) is 0 Å². The van der Waals surface area contributed by atoms with Crippen molar-refractivity contribution in [3.05, 3.63) is 35.5 Å². The van der Waals surface area contributed by atoms with Crippen molar-refractivity contribution in [2.24, 2.45) is 0 Å². The van der Waals surface area contributed by atoms with Crippen LogP contribution < -0.4 is 9.47 Å². The molecule has 164 valence electrons. The summed E-state index contributed by atoms with van der Waals surface area (Å²) in [4.78, 5) is 14.1. The van der Waals surface area contributed by atoms with Gasteiger partial charge in [-0.2, -0.15) is 0 Å². The van der Waals surface area contributed by atoms with Gasteiger partial charge < -0.3 is 19.1 Å². The summed E-state index contributed by atoms with van der Waals surface area (Å²) in [5.41, 5.74) is 1.52. The zero-order valence-electron chi connectivity index (χ0n) is 18.1. The molecule has 1 aliphatic rings. The third-order valence-corrected chi connectivity index (χ3v) is 5.32. The first-order valence-electron chi connectivity index (χ1n) is 10.7. The van der Waals surface area contributed by atoms with Gasteiger partial charge in [0, 0.05) is 6.54 Å². The van der Waals surface area contributed by atoms with Crippen LogP contribution in [0, 0.1) is 0 Å². The van der Waals surface area contributed by atoms with Gasteiger partial charge in [0.2, 0.25) is 5.69 Å². The number of hydrogen-bond acceptors (Lipinski definition) is 7. The van der Waals surface area contributed by atoms with Crippen LogP contribution in [0.2, 0.25) is 0 Å². The molecule has 8 nitrogen and oxygen atoms in total. The predicted molar refractivity (Wildman–Crippen MR) is 113 cm³/mol. The van der Waals surface area contributed by atoms with Crippen molar-refractivity contribution in [1.82, 2.24) is 20.3 Å². The Morgan fingerprint density at radius 1 is 1.17 bits per heavy atom. The number of rotatable bonds is 10. The summed E-state index contributed by atoms with van der Waals surface area (Å²) in [6.07, 6.45) is 4.91. The van der Waals surface area contributed by atoms with Gasteiger partial charge in [-0.25, -0.2) is 9.89 Å². The third-order valence-electron chi connectivity index (χ3n) is 5.32. The molecule has 1 saturated carbocycles. The third kappa shape index (κ3) is 6.19. The number of carbonyl (C=O) groups excluding carboxylic acids is 1. The van der Waals surface area contributed by atoms with Gasteiger partial charge in [0.05, 0.1) is 13.2 Å². The zero-order valence-corrected chi connectivity index (χ0v) is 18.1. The molecule has 30 heavy (non-hydrogen) atoms. The molecule has 2 aromatic rings. The summed E-state index contributed by atoms with van der Waals surface area (Å²) in [6, 6.07) is 8.47. The van der Waals surface area contributed by atoms with Crippen molar-refractivity contribution >= 4 is 5.97 Å². The van der Waals surface area contributed by atoms with E-state index < -0.39 is 5.97 Å². The molecular weight excluding hydrogens is 384 g/mol. The smallest absolute Gasteiger partial charge is 0.362 e. The zero-order chi connectivity index (χ0) is 21.3. The predicted octanol–water partition coefficient (Wildman–Crippen LogP) is 3.42. The number of benzene rings is 1. The Morgan fingerprint density at radius 2 is 1.90 bits per heavy atom. The highest BCUT2D eigenvalue weighted by Gasteiger charge is 2.27. The number of carbonyl (C=O) groups is 1. The largest absolute Gasteiger partial charge is 0.494 e. The van der Waals surface area contributed by atoms with Gasteiger partial charge in [0.1, 0.15) is 11.9 Å². The normalized spacial score (nSPS) is 18.9. The average molecular weight is 417 g/mol. The van der Waals surface area contributed by atoms with Crippen molar-refractivity contribution in [3.63, 3.8) is 0 Å². The van der Waals surface area contributed by atoms with Crippen LogP contribution in [0.3, 0.4) is 0 Å². The Balaban J connectivity index is 1.45. The molecule has 0 unspecified atom stereocenters. The maximum absolute atomic E-state index is 11.9. The van der Waals surface area contributed by atoms with E-state index in [2.05, 4.69) is 58.7 Å². The molecule has 0 atom stereocenters. The fraction of sp³-hybridized carbons (Fsp3) is 0.591.